The highest BCUT2D eigenvalue weighted by Crippen LogP contribution is 2.33. The Morgan fingerprint density at radius 1 is 1.05 bits per heavy atom. The number of nitrogens with one attached hydrogen (secondary N) is 1. The molecule has 3 amide bonds. The molecule has 3 aliphatic heterocycles. The summed E-state index contributed by atoms with van der Waals surface area (Å²) in [4.78, 5) is 42.0. The Bertz CT molecular complexity index is 1240. The molecule has 3 atom stereocenters. The zero-order valence-corrected chi connectivity index (χ0v) is 21.0. The second-order valence-electron chi connectivity index (χ2n) is 9.66. The predicted octanol–water partition coefficient (Wildman–Crippen LogP) is 2.85. The number of carbonyl (C=O) groups is 3. The Kier molecular flexibility index (Phi) is 7.57. The third-order valence-electron chi connectivity index (χ3n) is 7.22. The molecular weight excluding hydrogens is 500 g/mol. The van der Waals surface area contributed by atoms with Crippen molar-refractivity contribution in [2.24, 2.45) is 0 Å². The molecule has 0 aromatic heterocycles. The molecule has 1 N–H and O–H groups in total. The fraction of sp³-hybridized carbons (Fsp3) is 0.444. The van der Waals surface area contributed by atoms with Crippen molar-refractivity contribution in [1.82, 2.24) is 9.80 Å². The van der Waals surface area contributed by atoms with Crippen LogP contribution in [0, 0.1) is 11.6 Å². The van der Waals surface area contributed by atoms with E-state index < -0.39 is 23.6 Å². The molecular formula is C27H29F2N3O6. The van der Waals surface area contributed by atoms with Gasteiger partial charge in [0, 0.05) is 31.4 Å². The van der Waals surface area contributed by atoms with E-state index in [-0.39, 0.29) is 48.1 Å². The molecule has 0 radical (unpaired) electrons. The third kappa shape index (κ3) is 5.48. The minimum absolute atomic E-state index is 0.0382. The number of benzene rings is 2. The average molecular weight is 530 g/mol. The molecule has 3 aliphatic rings. The van der Waals surface area contributed by atoms with Gasteiger partial charge in [-0.3, -0.25) is 14.4 Å². The number of hydrogen-bond donors (Lipinski definition) is 1. The largest absolute Gasteiger partial charge is 0.490 e. The van der Waals surface area contributed by atoms with Gasteiger partial charge in [-0.1, -0.05) is 0 Å². The van der Waals surface area contributed by atoms with E-state index in [1.807, 2.05) is 0 Å². The number of anilines is 1. The summed E-state index contributed by atoms with van der Waals surface area (Å²) in [5, 5.41) is 2.61. The molecule has 5 rings (SSSR count). The van der Waals surface area contributed by atoms with Gasteiger partial charge in [0.25, 0.3) is 11.8 Å². The summed E-state index contributed by atoms with van der Waals surface area (Å²) in [6.07, 6.45) is 0.900. The maximum atomic E-state index is 13.5. The first-order valence-corrected chi connectivity index (χ1v) is 12.6. The summed E-state index contributed by atoms with van der Waals surface area (Å²) >= 11 is 0. The van der Waals surface area contributed by atoms with Crippen molar-refractivity contribution in [3.05, 3.63) is 59.2 Å². The first kappa shape index (κ1) is 26.1. The monoisotopic (exact) mass is 529 g/mol. The molecule has 3 heterocycles. The van der Waals surface area contributed by atoms with Crippen LogP contribution in [0.25, 0.3) is 0 Å². The maximum absolute atomic E-state index is 13.5. The maximum Gasteiger partial charge on any atom is 0.257 e. The van der Waals surface area contributed by atoms with Crippen LogP contribution in [0.1, 0.15) is 40.0 Å². The molecule has 2 aromatic rings. The minimum Gasteiger partial charge on any atom is -0.490 e. The molecule has 0 spiro atoms. The predicted molar refractivity (Wildman–Crippen MR) is 132 cm³/mol. The molecule has 2 aromatic carbocycles. The Morgan fingerprint density at radius 2 is 1.84 bits per heavy atom. The first-order chi connectivity index (χ1) is 18.3. The summed E-state index contributed by atoms with van der Waals surface area (Å²) in [5.41, 5.74) is 0.514. The first-order valence-electron chi connectivity index (χ1n) is 12.6. The fourth-order valence-corrected chi connectivity index (χ4v) is 5.08. The number of hydrogen-bond acceptors (Lipinski definition) is 6. The van der Waals surface area contributed by atoms with Gasteiger partial charge in [-0.05, 0) is 49.2 Å². The van der Waals surface area contributed by atoms with E-state index in [4.69, 9.17) is 14.2 Å². The van der Waals surface area contributed by atoms with E-state index in [1.165, 1.54) is 12.1 Å². The lowest BCUT2D eigenvalue weighted by molar-refractivity contribution is -0.146. The van der Waals surface area contributed by atoms with Crippen molar-refractivity contribution in [2.45, 2.75) is 37.5 Å². The highest BCUT2D eigenvalue weighted by molar-refractivity contribution is 6.05. The van der Waals surface area contributed by atoms with Crippen LogP contribution in [0.2, 0.25) is 0 Å². The van der Waals surface area contributed by atoms with Crippen molar-refractivity contribution in [1.29, 1.82) is 0 Å². The number of morpholine rings is 1. The molecule has 0 saturated carbocycles. The minimum atomic E-state index is -1.13. The van der Waals surface area contributed by atoms with Gasteiger partial charge >= 0.3 is 0 Å². The second-order valence-corrected chi connectivity index (χ2v) is 9.66. The van der Waals surface area contributed by atoms with Crippen LogP contribution < -0.4 is 10.1 Å². The van der Waals surface area contributed by atoms with E-state index in [0.29, 0.717) is 50.6 Å². The molecule has 0 bridgehead atoms. The molecule has 38 heavy (non-hydrogen) atoms. The lowest BCUT2D eigenvalue weighted by atomic mass is 9.94. The van der Waals surface area contributed by atoms with Gasteiger partial charge in [-0.25, -0.2) is 8.78 Å². The van der Waals surface area contributed by atoms with Crippen LogP contribution in [-0.4, -0.2) is 85.7 Å². The van der Waals surface area contributed by atoms with Crippen LogP contribution in [0.5, 0.6) is 5.75 Å². The van der Waals surface area contributed by atoms with Gasteiger partial charge in [-0.15, -0.1) is 0 Å². The van der Waals surface area contributed by atoms with E-state index in [2.05, 4.69) is 5.32 Å². The molecule has 0 unspecified atom stereocenters. The molecule has 0 aliphatic carbocycles. The Balaban J connectivity index is 1.27. The van der Waals surface area contributed by atoms with Gasteiger partial charge in [0.2, 0.25) is 5.91 Å². The van der Waals surface area contributed by atoms with E-state index in [9.17, 15) is 23.2 Å². The van der Waals surface area contributed by atoms with E-state index >= 15 is 0 Å². The van der Waals surface area contributed by atoms with Gasteiger partial charge < -0.3 is 29.3 Å². The number of likely N-dealkylation sites (N-methyl/N-ethyl adjacent to an activating group) is 1. The number of ether oxygens (including phenoxy) is 3. The average Bonchev–Trinajstić information content (AvgIpc) is 2.93. The van der Waals surface area contributed by atoms with Crippen LogP contribution >= 0.6 is 0 Å². The summed E-state index contributed by atoms with van der Waals surface area (Å²) in [5.74, 6) is -2.75. The van der Waals surface area contributed by atoms with Crippen LogP contribution in [0.15, 0.2) is 36.4 Å². The standard InChI is InChI=1S/C27H29F2N3O6/c1-31-22-6-4-18(14-25(33)32-8-10-36-11-9-32)38-24(22)15-37-23-7-3-17(13-19(23)27(31)35)30-26(34)16-2-5-20(28)21(29)12-16/h2-3,5,7,12-13,18,22,24H,4,6,8-11,14-15H2,1H3,(H,30,34)/t18-,22+,24-/m0/s1. The normalized spacial score (nSPS) is 23.4. The zero-order valence-electron chi connectivity index (χ0n) is 21.0. The quantitative estimate of drug-likeness (QED) is 0.655. The SMILES string of the molecule is CN1C(=O)c2cc(NC(=O)c3ccc(F)c(F)c3)ccc2OC[C@@H]2O[C@H](CC(=O)N3CCOCC3)CC[C@H]21. The Morgan fingerprint density at radius 3 is 2.61 bits per heavy atom. The van der Waals surface area contributed by atoms with Crippen LogP contribution in [-0.2, 0) is 14.3 Å². The fourth-order valence-electron chi connectivity index (χ4n) is 5.08. The Hall–Kier alpha value is -3.57. The molecule has 11 heteroatoms. The van der Waals surface area contributed by atoms with Gasteiger partial charge in [0.05, 0.1) is 37.3 Å². The topological polar surface area (TPSA) is 97.4 Å². The van der Waals surface area contributed by atoms with Gasteiger partial charge in [-0.2, -0.15) is 0 Å². The van der Waals surface area contributed by atoms with Crippen molar-refractivity contribution >= 4 is 23.4 Å². The van der Waals surface area contributed by atoms with Crippen molar-refractivity contribution in [3.63, 3.8) is 0 Å². The van der Waals surface area contributed by atoms with E-state index in [1.54, 1.807) is 29.0 Å². The number of carbonyl (C=O) groups excluding carboxylic acids is 3. The number of rotatable bonds is 4. The third-order valence-corrected chi connectivity index (χ3v) is 7.22. The summed E-state index contributed by atoms with van der Waals surface area (Å²) in [6.45, 7) is 2.44. The summed E-state index contributed by atoms with van der Waals surface area (Å²) in [7, 11) is 1.70. The number of fused-ring (bicyclic) bond motifs is 2. The Labute approximate surface area is 218 Å². The van der Waals surface area contributed by atoms with Crippen molar-refractivity contribution in [2.75, 3.05) is 45.3 Å². The van der Waals surface area contributed by atoms with Crippen molar-refractivity contribution in [3.8, 4) is 5.75 Å². The lowest BCUT2D eigenvalue weighted by Crippen LogP contribution is -2.54. The number of nitrogens with zero attached hydrogens (tertiary/aromatic N) is 2. The van der Waals surface area contributed by atoms with Crippen molar-refractivity contribution < 1.29 is 37.4 Å². The molecule has 9 nitrogen and oxygen atoms in total. The smallest absolute Gasteiger partial charge is 0.257 e. The van der Waals surface area contributed by atoms with Gasteiger partial charge in [0.1, 0.15) is 18.5 Å². The molecule has 202 valence electrons. The van der Waals surface area contributed by atoms with E-state index in [0.717, 1.165) is 12.1 Å². The molecule has 2 fully saturated rings. The molecule has 2 saturated heterocycles. The summed E-state index contributed by atoms with van der Waals surface area (Å²) < 4.78 is 44.3. The number of amides is 3. The van der Waals surface area contributed by atoms with Gasteiger partial charge in [0.15, 0.2) is 11.6 Å². The highest BCUT2D eigenvalue weighted by Gasteiger charge is 2.39. The van der Waals surface area contributed by atoms with Crippen LogP contribution in [0.3, 0.4) is 0 Å². The summed E-state index contributed by atoms with van der Waals surface area (Å²) in [6, 6.07) is 7.26. The lowest BCUT2D eigenvalue weighted by Gasteiger charge is -2.42. The number of halogens is 2. The van der Waals surface area contributed by atoms with Crippen LogP contribution in [0.4, 0.5) is 14.5 Å². The highest BCUT2D eigenvalue weighted by atomic mass is 19.2. The zero-order chi connectivity index (χ0) is 26.8. The second kappa shape index (κ2) is 11.0.